The van der Waals surface area contributed by atoms with Gasteiger partial charge in [0, 0.05) is 23.0 Å². The predicted octanol–water partition coefficient (Wildman–Crippen LogP) is 3.65. The highest BCUT2D eigenvalue weighted by molar-refractivity contribution is 6.08. The predicted molar refractivity (Wildman–Crippen MR) is 122 cm³/mol. The van der Waals surface area contributed by atoms with Crippen LogP contribution in [0.2, 0.25) is 0 Å². The Bertz CT molecular complexity index is 993. The van der Waals surface area contributed by atoms with Gasteiger partial charge in [-0.1, -0.05) is 54.6 Å². The van der Waals surface area contributed by atoms with Gasteiger partial charge in [-0.2, -0.15) is 0 Å². The second-order valence-corrected chi connectivity index (χ2v) is 10.2. The molecule has 4 aliphatic rings. The monoisotopic (exact) mass is 430 g/mol. The van der Waals surface area contributed by atoms with Crippen molar-refractivity contribution >= 4 is 17.6 Å². The molecule has 5 heteroatoms. The Kier molecular flexibility index (Phi) is 5.36. The number of amides is 2. The molecular weight excluding hydrogens is 400 g/mol. The van der Waals surface area contributed by atoms with E-state index >= 15 is 0 Å². The average Bonchev–Trinajstić information content (AvgIpc) is 2.78. The molecule has 3 N–H and O–H groups in total. The Labute approximate surface area is 188 Å². The summed E-state index contributed by atoms with van der Waals surface area (Å²) in [7, 11) is 0. The molecule has 1 atom stereocenters. The highest BCUT2D eigenvalue weighted by atomic mass is 16.2. The molecule has 2 aromatic carbocycles. The lowest BCUT2D eigenvalue weighted by Gasteiger charge is -2.55. The quantitative estimate of drug-likeness (QED) is 0.657. The van der Waals surface area contributed by atoms with E-state index in [1.807, 2.05) is 30.3 Å². The van der Waals surface area contributed by atoms with Crippen molar-refractivity contribution in [3.05, 3.63) is 71.3 Å². The fraction of sp³-hybridized carbons (Fsp3) is 0.444. The Balaban J connectivity index is 1.26. The number of ketones is 1. The molecule has 4 bridgehead atoms. The third-order valence-corrected chi connectivity index (χ3v) is 7.86. The number of hydrogen-bond acceptors (Lipinski definition) is 3. The van der Waals surface area contributed by atoms with E-state index in [1.54, 1.807) is 24.3 Å². The summed E-state index contributed by atoms with van der Waals surface area (Å²) >= 11 is 0. The minimum atomic E-state index is -0.744. The topological polar surface area (TPSA) is 89.3 Å². The largest absolute Gasteiger partial charge is 0.368 e. The first-order valence-electron chi connectivity index (χ1n) is 11.7. The molecule has 0 saturated heterocycles. The van der Waals surface area contributed by atoms with E-state index in [9.17, 15) is 14.4 Å². The maximum absolute atomic E-state index is 13.3. The summed E-state index contributed by atoms with van der Waals surface area (Å²) in [5.74, 6) is 1.43. The van der Waals surface area contributed by atoms with E-state index in [4.69, 9.17) is 5.73 Å². The van der Waals surface area contributed by atoms with Crippen LogP contribution in [0.4, 0.5) is 0 Å². The van der Waals surface area contributed by atoms with E-state index in [2.05, 4.69) is 5.32 Å². The van der Waals surface area contributed by atoms with Crippen LogP contribution in [-0.4, -0.2) is 23.6 Å². The van der Waals surface area contributed by atoms with Crippen molar-refractivity contribution < 1.29 is 14.4 Å². The molecule has 5 nitrogen and oxygen atoms in total. The summed E-state index contributed by atoms with van der Waals surface area (Å²) in [6.07, 6.45) is 6.97. The third kappa shape index (κ3) is 3.96. The van der Waals surface area contributed by atoms with Crippen molar-refractivity contribution in [2.24, 2.45) is 28.9 Å². The lowest BCUT2D eigenvalue weighted by atomic mass is 9.49. The van der Waals surface area contributed by atoms with Gasteiger partial charge in [0.2, 0.25) is 11.8 Å². The van der Waals surface area contributed by atoms with Gasteiger partial charge in [0.25, 0.3) is 0 Å². The second kappa shape index (κ2) is 8.19. The van der Waals surface area contributed by atoms with E-state index in [1.165, 1.54) is 19.3 Å². The maximum atomic E-state index is 13.3. The van der Waals surface area contributed by atoms with Crippen LogP contribution in [0.3, 0.4) is 0 Å². The molecule has 166 valence electrons. The van der Waals surface area contributed by atoms with Crippen molar-refractivity contribution in [1.82, 2.24) is 5.32 Å². The van der Waals surface area contributed by atoms with Crippen molar-refractivity contribution in [2.45, 2.75) is 51.0 Å². The fourth-order valence-corrected chi connectivity index (χ4v) is 6.71. The molecule has 4 aliphatic carbocycles. The number of rotatable bonds is 7. The van der Waals surface area contributed by atoms with Crippen molar-refractivity contribution in [2.75, 3.05) is 0 Å². The fourth-order valence-electron chi connectivity index (χ4n) is 6.71. The SMILES string of the molecule is NC(=O)[C@@H](Cc1ccc(C(=O)c2ccccc2)cc1)NC(=O)C12CC3CC(CC(C3)C1)C2. The third-order valence-electron chi connectivity index (χ3n) is 7.86. The van der Waals surface area contributed by atoms with E-state index in [-0.39, 0.29) is 17.1 Å². The summed E-state index contributed by atoms with van der Waals surface area (Å²) in [5, 5.41) is 3.00. The molecule has 4 saturated carbocycles. The standard InChI is InChI=1S/C27H30N2O3/c28-25(31)23(29-26(32)27-14-18-10-19(15-27)12-20(11-18)16-27)13-17-6-8-22(9-7-17)24(30)21-4-2-1-3-5-21/h1-9,18-20,23H,10-16H2,(H2,28,31)(H,29,32)/t18?,19?,20?,23-,27?/m1/s1. The van der Waals surface area contributed by atoms with Gasteiger partial charge >= 0.3 is 0 Å². The molecule has 0 aliphatic heterocycles. The van der Waals surface area contributed by atoms with Gasteiger partial charge in [-0.05, 0) is 61.8 Å². The van der Waals surface area contributed by atoms with Gasteiger partial charge in [-0.25, -0.2) is 0 Å². The first kappa shape index (κ1) is 20.9. The van der Waals surface area contributed by atoms with Crippen molar-refractivity contribution in [3.8, 4) is 0 Å². The zero-order valence-corrected chi connectivity index (χ0v) is 18.3. The number of primary amides is 1. The van der Waals surface area contributed by atoms with Crippen LogP contribution in [0.5, 0.6) is 0 Å². The Morgan fingerprint density at radius 2 is 1.38 bits per heavy atom. The molecule has 0 spiro atoms. The molecule has 4 fully saturated rings. The lowest BCUT2D eigenvalue weighted by Crippen LogP contribution is -2.57. The van der Waals surface area contributed by atoms with Crippen LogP contribution in [0.1, 0.15) is 60.0 Å². The van der Waals surface area contributed by atoms with Crippen LogP contribution in [0.25, 0.3) is 0 Å². The summed E-state index contributed by atoms with van der Waals surface area (Å²) in [6, 6.07) is 15.6. The zero-order chi connectivity index (χ0) is 22.3. The van der Waals surface area contributed by atoms with Gasteiger partial charge in [0.1, 0.15) is 6.04 Å². The van der Waals surface area contributed by atoms with Crippen LogP contribution in [0.15, 0.2) is 54.6 Å². The highest BCUT2D eigenvalue weighted by Crippen LogP contribution is 2.60. The number of nitrogens with two attached hydrogens (primary N) is 1. The lowest BCUT2D eigenvalue weighted by molar-refractivity contribution is -0.148. The van der Waals surface area contributed by atoms with Gasteiger partial charge in [0.15, 0.2) is 5.78 Å². The Morgan fingerprint density at radius 1 is 0.844 bits per heavy atom. The highest BCUT2D eigenvalue weighted by Gasteiger charge is 2.54. The Morgan fingerprint density at radius 3 is 1.91 bits per heavy atom. The summed E-state index contributed by atoms with van der Waals surface area (Å²) < 4.78 is 0. The Hall–Kier alpha value is -2.95. The van der Waals surface area contributed by atoms with Crippen LogP contribution >= 0.6 is 0 Å². The van der Waals surface area contributed by atoms with Gasteiger partial charge in [0.05, 0.1) is 0 Å². The van der Waals surface area contributed by atoms with Crippen molar-refractivity contribution in [3.63, 3.8) is 0 Å². The van der Waals surface area contributed by atoms with E-state index in [0.29, 0.717) is 35.3 Å². The number of benzene rings is 2. The number of hydrogen-bond donors (Lipinski definition) is 2. The molecule has 0 radical (unpaired) electrons. The number of carbonyl (C=O) groups excluding carboxylic acids is 3. The summed E-state index contributed by atoms with van der Waals surface area (Å²) in [5.41, 5.74) is 7.45. The molecule has 0 unspecified atom stereocenters. The van der Waals surface area contributed by atoms with Gasteiger partial charge < -0.3 is 11.1 Å². The van der Waals surface area contributed by atoms with Crippen LogP contribution < -0.4 is 11.1 Å². The maximum Gasteiger partial charge on any atom is 0.240 e. The second-order valence-electron chi connectivity index (χ2n) is 10.2. The van der Waals surface area contributed by atoms with Crippen LogP contribution in [0, 0.1) is 23.2 Å². The number of carbonyl (C=O) groups is 3. The van der Waals surface area contributed by atoms with Crippen molar-refractivity contribution in [1.29, 1.82) is 0 Å². The first-order valence-corrected chi connectivity index (χ1v) is 11.7. The number of nitrogens with one attached hydrogen (secondary N) is 1. The normalized spacial score (nSPS) is 28.8. The zero-order valence-electron chi connectivity index (χ0n) is 18.3. The van der Waals surface area contributed by atoms with E-state index in [0.717, 1.165) is 24.8 Å². The molecule has 0 aromatic heterocycles. The van der Waals surface area contributed by atoms with Gasteiger partial charge in [-0.3, -0.25) is 14.4 Å². The minimum Gasteiger partial charge on any atom is -0.368 e. The molecule has 2 aromatic rings. The molecular formula is C27H30N2O3. The summed E-state index contributed by atoms with van der Waals surface area (Å²) in [6.45, 7) is 0. The van der Waals surface area contributed by atoms with Gasteiger partial charge in [-0.15, -0.1) is 0 Å². The molecule has 0 heterocycles. The summed E-state index contributed by atoms with van der Waals surface area (Å²) in [4.78, 5) is 38.1. The smallest absolute Gasteiger partial charge is 0.240 e. The molecule has 2 amide bonds. The molecule has 32 heavy (non-hydrogen) atoms. The van der Waals surface area contributed by atoms with Crippen LogP contribution in [-0.2, 0) is 16.0 Å². The minimum absolute atomic E-state index is 0.0104. The average molecular weight is 431 g/mol. The molecule has 6 rings (SSSR count). The first-order chi connectivity index (χ1) is 15.4. The van der Waals surface area contributed by atoms with E-state index < -0.39 is 11.9 Å².